The monoisotopic (exact) mass is 420 g/mol. The van der Waals surface area contributed by atoms with E-state index in [1.54, 1.807) is 17.8 Å². The van der Waals surface area contributed by atoms with Crippen LogP contribution in [0.4, 0.5) is 0 Å². The molecule has 0 saturated heterocycles. The third kappa shape index (κ3) is 5.63. The third-order valence-corrected chi connectivity index (χ3v) is 5.79. The molecule has 3 rings (SSSR count). The predicted octanol–water partition coefficient (Wildman–Crippen LogP) is 4.88. The molecule has 4 nitrogen and oxygen atoms in total. The van der Waals surface area contributed by atoms with Crippen molar-refractivity contribution in [2.24, 2.45) is 0 Å². The van der Waals surface area contributed by atoms with Crippen LogP contribution in [0.15, 0.2) is 66.7 Å². The zero-order valence-corrected chi connectivity index (χ0v) is 18.5. The van der Waals surface area contributed by atoms with E-state index in [0.29, 0.717) is 12.0 Å². The molecule has 0 radical (unpaired) electrons. The lowest BCUT2D eigenvalue weighted by Gasteiger charge is -2.22. The number of hydrogen-bond acceptors (Lipinski definition) is 3. The first-order valence-electron chi connectivity index (χ1n) is 10.1. The number of carbonyl (C=O) groups is 2. The van der Waals surface area contributed by atoms with Crippen molar-refractivity contribution in [1.29, 1.82) is 0 Å². The highest BCUT2D eigenvalue weighted by Gasteiger charge is 2.23. The summed E-state index contributed by atoms with van der Waals surface area (Å²) in [7, 11) is 0. The Labute approximate surface area is 182 Å². The van der Waals surface area contributed by atoms with E-state index in [1.807, 2.05) is 56.5 Å². The lowest BCUT2D eigenvalue weighted by molar-refractivity contribution is -0.123. The molecule has 5 heteroatoms. The van der Waals surface area contributed by atoms with E-state index >= 15 is 0 Å². The van der Waals surface area contributed by atoms with Crippen LogP contribution in [0.5, 0.6) is 0 Å². The summed E-state index contributed by atoms with van der Waals surface area (Å²) in [6.07, 6.45) is 2.57. The minimum atomic E-state index is -0.576. The molecule has 0 spiro atoms. The zero-order chi connectivity index (χ0) is 21.5. The summed E-state index contributed by atoms with van der Waals surface area (Å²) in [5, 5.41) is 8.30. The van der Waals surface area contributed by atoms with Gasteiger partial charge in [0.15, 0.2) is 0 Å². The molecule has 30 heavy (non-hydrogen) atoms. The highest BCUT2D eigenvalue weighted by Crippen LogP contribution is 2.20. The van der Waals surface area contributed by atoms with Gasteiger partial charge in [0, 0.05) is 5.56 Å². The minimum Gasteiger partial charge on any atom is -0.348 e. The van der Waals surface area contributed by atoms with Gasteiger partial charge in [0.2, 0.25) is 5.91 Å². The van der Waals surface area contributed by atoms with E-state index in [9.17, 15) is 9.59 Å². The second kappa shape index (κ2) is 10.3. The number of nitrogens with one attached hydrogen (secondary N) is 2. The van der Waals surface area contributed by atoms with E-state index in [1.165, 1.54) is 5.39 Å². The molecule has 0 heterocycles. The quantitative estimate of drug-likeness (QED) is 0.546. The number of amides is 2. The van der Waals surface area contributed by atoms with Crippen molar-refractivity contribution in [2.45, 2.75) is 32.4 Å². The number of aryl methyl sites for hydroxylation is 1. The van der Waals surface area contributed by atoms with Gasteiger partial charge in [-0.15, -0.1) is 0 Å². The zero-order valence-electron chi connectivity index (χ0n) is 17.6. The number of carbonyl (C=O) groups excluding carboxylic acids is 2. The molecule has 2 N–H and O–H groups in total. The van der Waals surface area contributed by atoms with E-state index in [0.717, 1.165) is 22.3 Å². The maximum Gasteiger partial charge on any atom is 0.251 e. The molecular weight excluding hydrogens is 392 g/mol. The van der Waals surface area contributed by atoms with E-state index in [4.69, 9.17) is 0 Å². The first-order valence-corrected chi connectivity index (χ1v) is 11.5. The Kier molecular flexibility index (Phi) is 7.52. The standard InChI is InChI=1S/C25H28N2O2S/c1-17-7-6-10-22(15-17)24(28)27-23(13-14-30-3)25(29)26-18(2)20-12-11-19-8-4-5-9-21(19)16-20/h4-12,15-16,18,23H,13-14H2,1-3H3,(H,26,29)(H,27,28). The Bertz CT molecular complexity index is 1030. The van der Waals surface area contributed by atoms with Crippen molar-refractivity contribution < 1.29 is 9.59 Å². The largest absolute Gasteiger partial charge is 0.348 e. The number of rotatable bonds is 8. The van der Waals surface area contributed by atoms with Crippen molar-refractivity contribution >= 4 is 34.3 Å². The lowest BCUT2D eigenvalue weighted by Crippen LogP contribution is -2.47. The summed E-state index contributed by atoms with van der Waals surface area (Å²) in [5.74, 6) is 0.403. The summed E-state index contributed by atoms with van der Waals surface area (Å²) in [4.78, 5) is 25.7. The van der Waals surface area contributed by atoms with Gasteiger partial charge < -0.3 is 10.6 Å². The Balaban J connectivity index is 1.71. The number of hydrogen-bond donors (Lipinski definition) is 2. The van der Waals surface area contributed by atoms with Gasteiger partial charge in [-0.2, -0.15) is 11.8 Å². The SMILES string of the molecule is CSCCC(NC(=O)c1cccc(C)c1)C(=O)NC(C)c1ccc2ccccc2c1. The molecule has 2 amide bonds. The highest BCUT2D eigenvalue weighted by atomic mass is 32.2. The maximum atomic E-state index is 13.0. The van der Waals surface area contributed by atoms with Crippen molar-refractivity contribution in [3.8, 4) is 0 Å². The molecule has 2 unspecified atom stereocenters. The van der Waals surface area contributed by atoms with Crippen LogP contribution in [-0.4, -0.2) is 29.9 Å². The first-order chi connectivity index (χ1) is 14.5. The van der Waals surface area contributed by atoms with Gasteiger partial charge in [0.25, 0.3) is 5.91 Å². The smallest absolute Gasteiger partial charge is 0.251 e. The number of fused-ring (bicyclic) bond motifs is 1. The molecule has 3 aromatic rings. The van der Waals surface area contributed by atoms with E-state index in [2.05, 4.69) is 34.9 Å². The maximum absolute atomic E-state index is 13.0. The average molecular weight is 421 g/mol. The molecule has 156 valence electrons. The molecule has 3 aromatic carbocycles. The molecule has 0 fully saturated rings. The van der Waals surface area contributed by atoms with Crippen molar-refractivity contribution in [3.63, 3.8) is 0 Å². The molecule has 0 saturated carbocycles. The Morgan fingerprint density at radius 2 is 1.70 bits per heavy atom. The minimum absolute atomic E-state index is 0.158. The van der Waals surface area contributed by atoms with Crippen LogP contribution in [0.3, 0.4) is 0 Å². The van der Waals surface area contributed by atoms with Gasteiger partial charge in [-0.25, -0.2) is 0 Å². The van der Waals surface area contributed by atoms with Crippen LogP contribution in [-0.2, 0) is 4.79 Å². The van der Waals surface area contributed by atoms with Crippen LogP contribution in [0.1, 0.15) is 40.9 Å². The Morgan fingerprint density at radius 3 is 2.43 bits per heavy atom. The van der Waals surface area contributed by atoms with Crippen LogP contribution in [0, 0.1) is 6.92 Å². The first kappa shape index (κ1) is 21.9. The molecule has 0 aliphatic heterocycles. The van der Waals surface area contributed by atoms with E-state index in [-0.39, 0.29) is 17.9 Å². The third-order valence-electron chi connectivity index (χ3n) is 5.15. The van der Waals surface area contributed by atoms with Crippen molar-refractivity contribution in [2.75, 3.05) is 12.0 Å². The lowest BCUT2D eigenvalue weighted by atomic mass is 10.0. The van der Waals surface area contributed by atoms with Crippen LogP contribution >= 0.6 is 11.8 Å². The fourth-order valence-corrected chi connectivity index (χ4v) is 3.88. The van der Waals surface area contributed by atoms with Gasteiger partial charge in [0.05, 0.1) is 6.04 Å². The fourth-order valence-electron chi connectivity index (χ4n) is 3.41. The van der Waals surface area contributed by atoms with Gasteiger partial charge in [-0.1, -0.05) is 54.1 Å². The van der Waals surface area contributed by atoms with Crippen molar-refractivity contribution in [1.82, 2.24) is 10.6 Å². The van der Waals surface area contributed by atoms with Crippen LogP contribution < -0.4 is 10.6 Å². The number of thioether (sulfide) groups is 1. The highest BCUT2D eigenvalue weighted by molar-refractivity contribution is 7.98. The predicted molar refractivity (Wildman–Crippen MR) is 126 cm³/mol. The Hall–Kier alpha value is -2.79. The van der Waals surface area contributed by atoms with Gasteiger partial charge in [-0.3, -0.25) is 9.59 Å². The summed E-state index contributed by atoms with van der Waals surface area (Å²) >= 11 is 1.66. The fraction of sp³-hybridized carbons (Fsp3) is 0.280. The average Bonchev–Trinajstić information content (AvgIpc) is 2.76. The summed E-state index contributed by atoms with van der Waals surface area (Å²) in [6.45, 7) is 3.91. The number of benzene rings is 3. The van der Waals surface area contributed by atoms with Gasteiger partial charge in [-0.05, 0) is 66.8 Å². The second-order valence-electron chi connectivity index (χ2n) is 7.51. The summed E-state index contributed by atoms with van der Waals surface area (Å²) in [6, 6.07) is 21.0. The molecule has 0 aliphatic carbocycles. The second-order valence-corrected chi connectivity index (χ2v) is 8.50. The normalized spacial score (nSPS) is 12.9. The van der Waals surface area contributed by atoms with Gasteiger partial charge in [0.1, 0.15) is 6.04 Å². The van der Waals surface area contributed by atoms with E-state index < -0.39 is 6.04 Å². The van der Waals surface area contributed by atoms with Crippen LogP contribution in [0.25, 0.3) is 10.8 Å². The molecule has 0 bridgehead atoms. The summed E-state index contributed by atoms with van der Waals surface area (Å²) in [5.41, 5.74) is 2.62. The Morgan fingerprint density at radius 1 is 0.933 bits per heavy atom. The van der Waals surface area contributed by atoms with Gasteiger partial charge >= 0.3 is 0 Å². The summed E-state index contributed by atoms with van der Waals surface area (Å²) < 4.78 is 0. The molecule has 2 atom stereocenters. The molecule has 0 aromatic heterocycles. The van der Waals surface area contributed by atoms with Crippen molar-refractivity contribution in [3.05, 3.63) is 83.4 Å². The molecule has 0 aliphatic rings. The molecular formula is C25H28N2O2S. The van der Waals surface area contributed by atoms with Crippen LogP contribution in [0.2, 0.25) is 0 Å². The topological polar surface area (TPSA) is 58.2 Å².